The third-order valence-corrected chi connectivity index (χ3v) is 2.21. The van der Waals surface area contributed by atoms with Gasteiger partial charge in [0, 0.05) is 6.61 Å². The van der Waals surface area contributed by atoms with Gasteiger partial charge < -0.3 is 19.6 Å². The molecule has 5 nitrogen and oxygen atoms in total. The van der Waals surface area contributed by atoms with Crippen LogP contribution in [0.2, 0.25) is 0 Å². The summed E-state index contributed by atoms with van der Waals surface area (Å²) in [6.07, 6.45) is 1.66. The van der Waals surface area contributed by atoms with E-state index in [9.17, 15) is 9.59 Å². The van der Waals surface area contributed by atoms with Crippen LogP contribution in [0.1, 0.15) is 47.5 Å². The van der Waals surface area contributed by atoms with E-state index in [1.54, 1.807) is 27.7 Å². The Kier molecular flexibility index (Phi) is 7.59. The highest BCUT2D eigenvalue weighted by Gasteiger charge is 2.23. The summed E-state index contributed by atoms with van der Waals surface area (Å²) in [6, 6.07) is -0.684. The van der Waals surface area contributed by atoms with Crippen LogP contribution in [0, 0.1) is 0 Å². The van der Waals surface area contributed by atoms with E-state index in [0.29, 0.717) is 12.9 Å². The zero-order valence-corrected chi connectivity index (χ0v) is 12.0. The molecule has 0 heterocycles. The first-order valence-electron chi connectivity index (χ1n) is 6.36. The van der Waals surface area contributed by atoms with Gasteiger partial charge in [0.05, 0.1) is 6.10 Å². The molecule has 2 atom stereocenters. The maximum absolute atomic E-state index is 11.5. The van der Waals surface area contributed by atoms with E-state index in [0.717, 1.165) is 12.8 Å². The van der Waals surface area contributed by atoms with Crippen molar-refractivity contribution in [3.63, 3.8) is 0 Å². The number of alkyl carbamates (subject to hydrolysis) is 1. The molecule has 0 aliphatic heterocycles. The average Bonchev–Trinajstić information content (AvgIpc) is 2.23. The van der Waals surface area contributed by atoms with E-state index in [-0.39, 0.29) is 6.10 Å². The lowest BCUT2D eigenvalue weighted by Gasteiger charge is -2.24. The van der Waals surface area contributed by atoms with Crippen LogP contribution in [0.15, 0.2) is 0 Å². The number of hydrogen-bond acceptors (Lipinski definition) is 4. The number of unbranched alkanes of at least 4 members (excludes halogenated alkanes) is 1. The van der Waals surface area contributed by atoms with Crippen molar-refractivity contribution in [2.75, 3.05) is 6.61 Å². The lowest BCUT2D eigenvalue weighted by Crippen LogP contribution is -2.46. The molecular formula is C13H25NO4. The van der Waals surface area contributed by atoms with Crippen molar-refractivity contribution in [3.8, 4) is 0 Å². The quantitative estimate of drug-likeness (QED) is 0.562. The molecule has 0 saturated heterocycles. The van der Waals surface area contributed by atoms with Crippen molar-refractivity contribution < 1.29 is 19.1 Å². The van der Waals surface area contributed by atoms with E-state index >= 15 is 0 Å². The monoisotopic (exact) mass is 259 g/mol. The Balaban J connectivity index is 4.16. The van der Waals surface area contributed by atoms with Crippen LogP contribution in [0.3, 0.4) is 0 Å². The zero-order chi connectivity index (χ0) is 14.2. The molecule has 106 valence electrons. The van der Waals surface area contributed by atoms with E-state index in [1.165, 1.54) is 0 Å². The molecule has 2 unspecified atom stereocenters. The van der Waals surface area contributed by atoms with Gasteiger partial charge in [-0.2, -0.15) is 0 Å². The van der Waals surface area contributed by atoms with Crippen molar-refractivity contribution in [1.29, 1.82) is 0 Å². The Hall–Kier alpha value is -1.10. The van der Waals surface area contributed by atoms with Gasteiger partial charge in [-0.15, -0.1) is 0 Å². The molecule has 0 fully saturated rings. The number of ether oxygens (including phenoxy) is 2. The minimum absolute atomic E-state index is 0.360. The summed E-state index contributed by atoms with van der Waals surface area (Å²) in [6.45, 7) is 9.70. The van der Waals surface area contributed by atoms with Gasteiger partial charge in [0.15, 0.2) is 0 Å². The van der Waals surface area contributed by atoms with E-state index in [1.807, 2.05) is 0 Å². The van der Waals surface area contributed by atoms with Crippen molar-refractivity contribution in [2.45, 2.75) is 65.2 Å². The summed E-state index contributed by atoms with van der Waals surface area (Å²) >= 11 is 0. The van der Waals surface area contributed by atoms with Crippen LogP contribution in [-0.4, -0.2) is 36.7 Å². The minimum atomic E-state index is -0.684. The second kappa shape index (κ2) is 8.08. The summed E-state index contributed by atoms with van der Waals surface area (Å²) in [4.78, 5) is 22.4. The Morgan fingerprint density at radius 3 is 2.44 bits per heavy atom. The molecule has 0 aromatic carbocycles. The summed E-state index contributed by atoms with van der Waals surface area (Å²) in [5, 5.41) is 2.50. The molecule has 5 heteroatoms. The highest BCUT2D eigenvalue weighted by molar-refractivity contribution is 5.73. The van der Waals surface area contributed by atoms with E-state index in [2.05, 4.69) is 12.2 Å². The Morgan fingerprint density at radius 1 is 1.39 bits per heavy atom. The SMILES string of the molecule is CCCCOC(C)C(C=O)NC(=O)OC(C)(C)C. The maximum Gasteiger partial charge on any atom is 0.408 e. The molecule has 0 rings (SSSR count). The van der Waals surface area contributed by atoms with Crippen molar-refractivity contribution in [3.05, 3.63) is 0 Å². The lowest BCUT2D eigenvalue weighted by molar-refractivity contribution is -0.113. The van der Waals surface area contributed by atoms with Gasteiger partial charge in [0.2, 0.25) is 0 Å². The molecule has 1 N–H and O–H groups in total. The number of carbonyl (C=O) groups excluding carboxylic acids is 2. The zero-order valence-electron chi connectivity index (χ0n) is 12.0. The summed E-state index contributed by atoms with van der Waals surface area (Å²) in [5.74, 6) is 0. The number of hydrogen-bond donors (Lipinski definition) is 1. The number of amides is 1. The van der Waals surface area contributed by atoms with Crippen LogP contribution >= 0.6 is 0 Å². The summed E-state index contributed by atoms with van der Waals surface area (Å²) in [7, 11) is 0. The average molecular weight is 259 g/mol. The largest absolute Gasteiger partial charge is 0.444 e. The van der Waals surface area contributed by atoms with Gasteiger partial charge in [-0.05, 0) is 34.1 Å². The molecule has 0 saturated carbocycles. The van der Waals surface area contributed by atoms with E-state index < -0.39 is 17.7 Å². The minimum Gasteiger partial charge on any atom is -0.444 e. The maximum atomic E-state index is 11.5. The van der Waals surface area contributed by atoms with Crippen LogP contribution < -0.4 is 5.32 Å². The number of aldehydes is 1. The molecule has 0 aliphatic rings. The molecule has 18 heavy (non-hydrogen) atoms. The fraction of sp³-hybridized carbons (Fsp3) is 0.846. The normalized spacial score (nSPS) is 14.7. The van der Waals surface area contributed by atoms with Gasteiger partial charge >= 0.3 is 6.09 Å². The number of nitrogens with one attached hydrogen (secondary N) is 1. The Morgan fingerprint density at radius 2 is 2.00 bits per heavy atom. The van der Waals surface area contributed by atoms with Crippen LogP contribution in [-0.2, 0) is 14.3 Å². The highest BCUT2D eigenvalue weighted by Crippen LogP contribution is 2.07. The molecule has 0 aromatic heterocycles. The van der Waals surface area contributed by atoms with Gasteiger partial charge in [-0.1, -0.05) is 13.3 Å². The van der Waals surface area contributed by atoms with Crippen molar-refractivity contribution in [2.24, 2.45) is 0 Å². The fourth-order valence-electron chi connectivity index (χ4n) is 1.22. The molecule has 0 aromatic rings. The second-order valence-electron chi connectivity index (χ2n) is 5.24. The third-order valence-electron chi connectivity index (χ3n) is 2.21. The highest BCUT2D eigenvalue weighted by atomic mass is 16.6. The predicted molar refractivity (Wildman–Crippen MR) is 69.5 cm³/mol. The second-order valence-corrected chi connectivity index (χ2v) is 5.24. The first-order valence-corrected chi connectivity index (χ1v) is 6.36. The standard InChI is InChI=1S/C13H25NO4/c1-6-7-8-17-10(2)11(9-15)14-12(16)18-13(3,4)5/h9-11H,6-8H2,1-5H3,(H,14,16). The topological polar surface area (TPSA) is 64.6 Å². The summed E-state index contributed by atoms with van der Waals surface area (Å²) in [5.41, 5.74) is -0.580. The molecule has 0 spiro atoms. The van der Waals surface area contributed by atoms with Crippen LogP contribution in [0.5, 0.6) is 0 Å². The van der Waals surface area contributed by atoms with Crippen molar-refractivity contribution in [1.82, 2.24) is 5.32 Å². The molecule has 1 amide bonds. The Labute approximate surface area is 109 Å². The number of rotatable bonds is 7. The van der Waals surface area contributed by atoms with Gasteiger partial charge in [0.1, 0.15) is 17.9 Å². The fourth-order valence-corrected chi connectivity index (χ4v) is 1.22. The van der Waals surface area contributed by atoms with Gasteiger partial charge in [0.25, 0.3) is 0 Å². The Bertz CT molecular complexity index is 260. The van der Waals surface area contributed by atoms with Crippen LogP contribution in [0.25, 0.3) is 0 Å². The molecule has 0 bridgehead atoms. The van der Waals surface area contributed by atoms with E-state index in [4.69, 9.17) is 9.47 Å². The first-order chi connectivity index (χ1) is 8.30. The number of carbonyl (C=O) groups is 2. The van der Waals surface area contributed by atoms with Gasteiger partial charge in [-0.3, -0.25) is 0 Å². The molecular weight excluding hydrogens is 234 g/mol. The lowest BCUT2D eigenvalue weighted by atomic mass is 10.2. The predicted octanol–water partition coefficient (Wildman–Crippen LogP) is 2.28. The first kappa shape index (κ1) is 16.9. The van der Waals surface area contributed by atoms with Gasteiger partial charge in [-0.25, -0.2) is 4.79 Å². The molecule has 0 radical (unpaired) electrons. The smallest absolute Gasteiger partial charge is 0.408 e. The molecule has 0 aliphatic carbocycles. The third kappa shape index (κ3) is 8.06. The summed E-state index contributed by atoms with van der Waals surface area (Å²) < 4.78 is 10.5. The van der Waals surface area contributed by atoms with Crippen LogP contribution in [0.4, 0.5) is 4.79 Å². The van der Waals surface area contributed by atoms with Crippen molar-refractivity contribution >= 4 is 12.4 Å².